The molecule has 8 nitrogen and oxygen atoms in total. The smallest absolute Gasteiger partial charge is 0.221 e. The molecule has 0 radical (unpaired) electrons. The third-order valence-electron chi connectivity index (χ3n) is 5.57. The van der Waals surface area contributed by atoms with Gasteiger partial charge in [0.05, 0.1) is 31.1 Å². The van der Waals surface area contributed by atoms with Crippen molar-refractivity contribution in [1.82, 2.24) is 14.9 Å². The summed E-state index contributed by atoms with van der Waals surface area (Å²) in [6.45, 7) is 2.77. The predicted octanol–water partition coefficient (Wildman–Crippen LogP) is 3.67. The molecule has 2 aromatic heterocycles. The van der Waals surface area contributed by atoms with Crippen LogP contribution in [-0.4, -0.2) is 41.4 Å². The summed E-state index contributed by atoms with van der Waals surface area (Å²) >= 11 is 5.81. The molecule has 0 saturated carbocycles. The number of carbonyl (C=O) groups is 1. The van der Waals surface area contributed by atoms with Crippen molar-refractivity contribution in [3.05, 3.63) is 72.3 Å². The molecule has 0 bridgehead atoms. The van der Waals surface area contributed by atoms with Crippen LogP contribution in [0.15, 0.2) is 60.9 Å². The van der Waals surface area contributed by atoms with E-state index in [1.54, 1.807) is 20.4 Å². The van der Waals surface area contributed by atoms with Crippen LogP contribution in [0.1, 0.15) is 30.4 Å². The zero-order valence-corrected chi connectivity index (χ0v) is 19.6. The lowest BCUT2D eigenvalue weighted by Crippen LogP contribution is -2.30. The summed E-state index contributed by atoms with van der Waals surface area (Å²) in [7, 11) is 3.27. The van der Waals surface area contributed by atoms with E-state index in [0.29, 0.717) is 29.7 Å². The van der Waals surface area contributed by atoms with E-state index < -0.39 is 0 Å². The first kappa shape index (κ1) is 22.8. The number of hydrogen-bond acceptors (Lipinski definition) is 5. The van der Waals surface area contributed by atoms with E-state index in [1.807, 2.05) is 48.7 Å². The van der Waals surface area contributed by atoms with Crippen molar-refractivity contribution in [3.8, 4) is 5.75 Å². The van der Waals surface area contributed by atoms with Crippen LogP contribution >= 0.6 is 12.2 Å². The fourth-order valence-electron chi connectivity index (χ4n) is 4.16. The first-order valence-electron chi connectivity index (χ1n) is 10.6. The van der Waals surface area contributed by atoms with Crippen LogP contribution in [-0.2, 0) is 16.1 Å². The number of aromatic nitrogens is 2. The molecule has 1 saturated heterocycles. The number of hydrogen-bond donors (Lipinski definition) is 2. The Bertz CT molecular complexity index is 1130. The number of carbonyl (C=O) groups excluding carboxylic acids is 1. The van der Waals surface area contributed by atoms with E-state index in [0.717, 1.165) is 17.1 Å². The number of nitrogens with zero attached hydrogens (tertiary/aromatic N) is 3. The number of benzene rings is 1. The summed E-state index contributed by atoms with van der Waals surface area (Å²) in [6, 6.07) is 15.3. The second-order valence-electron chi connectivity index (χ2n) is 7.68. The molecule has 1 amide bonds. The highest BCUT2D eigenvalue weighted by atomic mass is 32.1. The normalized spacial score (nSPS) is 17.7. The molecule has 0 spiro atoms. The van der Waals surface area contributed by atoms with Crippen molar-refractivity contribution in [1.29, 1.82) is 0 Å². The maximum absolute atomic E-state index is 11.8. The standard InChI is InChI=1S/C24H27N5O3S/c1-16(30)26-19-15-17(9-10-21(19)32-3)29-23(20-8-6-12-28(20)13-14-31-2)22(27-24(29)33)18-7-4-5-11-25-18/h4-12,15,22-23H,13-14H2,1-3H3,(H,26,30)(H,27,33). The second kappa shape index (κ2) is 10.0. The quantitative estimate of drug-likeness (QED) is 0.491. The monoisotopic (exact) mass is 465 g/mol. The summed E-state index contributed by atoms with van der Waals surface area (Å²) in [6.07, 6.45) is 3.83. The molecule has 9 heteroatoms. The van der Waals surface area contributed by atoms with Gasteiger partial charge >= 0.3 is 0 Å². The largest absolute Gasteiger partial charge is 0.495 e. The minimum absolute atomic E-state index is 0.166. The Labute approximate surface area is 198 Å². The van der Waals surface area contributed by atoms with Gasteiger partial charge in [-0.05, 0) is 54.7 Å². The minimum Gasteiger partial charge on any atom is -0.495 e. The van der Waals surface area contributed by atoms with Gasteiger partial charge in [0.25, 0.3) is 0 Å². The molecule has 33 heavy (non-hydrogen) atoms. The molecule has 1 aliphatic rings. The lowest BCUT2D eigenvalue weighted by Gasteiger charge is -2.29. The average molecular weight is 466 g/mol. The Morgan fingerprint density at radius 2 is 2.06 bits per heavy atom. The first-order valence-corrected chi connectivity index (χ1v) is 11.0. The third kappa shape index (κ3) is 4.69. The molecule has 2 unspecified atom stereocenters. The number of thiocarbonyl (C=S) groups is 1. The van der Waals surface area contributed by atoms with Crippen LogP contribution < -0.4 is 20.3 Å². The van der Waals surface area contributed by atoms with Gasteiger partial charge in [-0.3, -0.25) is 9.78 Å². The van der Waals surface area contributed by atoms with Gasteiger partial charge in [0.15, 0.2) is 5.11 Å². The average Bonchev–Trinajstić information content (AvgIpc) is 3.41. The van der Waals surface area contributed by atoms with Gasteiger partial charge in [0, 0.05) is 44.4 Å². The molecule has 2 atom stereocenters. The maximum Gasteiger partial charge on any atom is 0.221 e. The van der Waals surface area contributed by atoms with E-state index in [1.165, 1.54) is 6.92 Å². The minimum atomic E-state index is -0.177. The highest BCUT2D eigenvalue weighted by Crippen LogP contribution is 2.43. The van der Waals surface area contributed by atoms with Crippen LogP contribution in [0.5, 0.6) is 5.75 Å². The Morgan fingerprint density at radius 3 is 2.76 bits per heavy atom. The van der Waals surface area contributed by atoms with Crippen molar-refractivity contribution in [2.45, 2.75) is 25.6 Å². The highest BCUT2D eigenvalue weighted by molar-refractivity contribution is 7.80. The molecular weight excluding hydrogens is 438 g/mol. The number of pyridine rings is 1. The van der Waals surface area contributed by atoms with Gasteiger partial charge in [0.2, 0.25) is 5.91 Å². The van der Waals surface area contributed by atoms with Crippen LogP contribution in [0.4, 0.5) is 11.4 Å². The molecule has 3 heterocycles. The Morgan fingerprint density at radius 1 is 1.21 bits per heavy atom. The molecule has 1 fully saturated rings. The maximum atomic E-state index is 11.8. The molecule has 0 aliphatic carbocycles. The number of ether oxygens (including phenoxy) is 2. The summed E-state index contributed by atoms with van der Waals surface area (Å²) < 4.78 is 12.9. The van der Waals surface area contributed by atoms with Crippen LogP contribution in [0, 0.1) is 0 Å². The molecule has 1 aromatic carbocycles. The fraction of sp³-hybridized carbons (Fsp3) is 0.292. The van der Waals surface area contributed by atoms with Crippen molar-refractivity contribution in [2.24, 2.45) is 0 Å². The van der Waals surface area contributed by atoms with Gasteiger partial charge in [-0.15, -0.1) is 0 Å². The summed E-state index contributed by atoms with van der Waals surface area (Å²) in [5, 5.41) is 6.89. The van der Waals surface area contributed by atoms with Crippen molar-refractivity contribution >= 4 is 34.6 Å². The second-order valence-corrected chi connectivity index (χ2v) is 8.07. The summed E-state index contributed by atoms with van der Waals surface area (Å²) in [5.74, 6) is 0.400. The van der Waals surface area contributed by atoms with E-state index >= 15 is 0 Å². The topological polar surface area (TPSA) is 80.7 Å². The first-order chi connectivity index (χ1) is 16.0. The number of amides is 1. The van der Waals surface area contributed by atoms with E-state index in [4.69, 9.17) is 21.7 Å². The van der Waals surface area contributed by atoms with E-state index in [-0.39, 0.29) is 18.0 Å². The van der Waals surface area contributed by atoms with Gasteiger partial charge in [0.1, 0.15) is 11.8 Å². The van der Waals surface area contributed by atoms with Crippen molar-refractivity contribution in [3.63, 3.8) is 0 Å². The number of methoxy groups -OCH3 is 2. The molecule has 172 valence electrons. The lowest BCUT2D eigenvalue weighted by atomic mass is 10.0. The molecule has 2 N–H and O–H groups in total. The Balaban J connectivity index is 1.82. The summed E-state index contributed by atoms with van der Waals surface area (Å²) in [5.41, 5.74) is 3.38. The van der Waals surface area contributed by atoms with Gasteiger partial charge in [-0.1, -0.05) is 6.07 Å². The van der Waals surface area contributed by atoms with Gasteiger partial charge in [-0.2, -0.15) is 0 Å². The van der Waals surface area contributed by atoms with E-state index in [9.17, 15) is 4.79 Å². The fourth-order valence-corrected chi connectivity index (χ4v) is 4.50. The third-order valence-corrected chi connectivity index (χ3v) is 5.89. The number of anilines is 2. The lowest BCUT2D eigenvalue weighted by molar-refractivity contribution is -0.114. The zero-order valence-electron chi connectivity index (χ0n) is 18.8. The Kier molecular flexibility index (Phi) is 6.90. The molecule has 3 aromatic rings. The van der Waals surface area contributed by atoms with Crippen molar-refractivity contribution in [2.75, 3.05) is 31.0 Å². The SMILES string of the molecule is COCCn1cccc1C1C(c2ccccn2)NC(=S)N1c1ccc(OC)c(NC(C)=O)c1. The van der Waals surface area contributed by atoms with Gasteiger partial charge in [-0.25, -0.2) is 0 Å². The zero-order chi connectivity index (χ0) is 23.4. The van der Waals surface area contributed by atoms with Crippen LogP contribution in [0.3, 0.4) is 0 Å². The molecule has 4 rings (SSSR count). The number of rotatable bonds is 8. The highest BCUT2D eigenvalue weighted by Gasteiger charge is 2.42. The molecule has 1 aliphatic heterocycles. The molecular formula is C24H27N5O3S. The van der Waals surface area contributed by atoms with Crippen molar-refractivity contribution < 1.29 is 14.3 Å². The number of nitrogens with one attached hydrogen (secondary N) is 2. The van der Waals surface area contributed by atoms with Crippen LogP contribution in [0.25, 0.3) is 0 Å². The predicted molar refractivity (Wildman–Crippen MR) is 132 cm³/mol. The van der Waals surface area contributed by atoms with Gasteiger partial charge < -0.3 is 29.6 Å². The Hall–Kier alpha value is -3.43. The van der Waals surface area contributed by atoms with E-state index in [2.05, 4.69) is 31.2 Å². The summed E-state index contributed by atoms with van der Waals surface area (Å²) in [4.78, 5) is 18.4. The van der Waals surface area contributed by atoms with Crippen LogP contribution in [0.2, 0.25) is 0 Å².